The highest BCUT2D eigenvalue weighted by Crippen LogP contribution is 2.26. The maximum atomic E-state index is 12.6. The predicted octanol–water partition coefficient (Wildman–Crippen LogP) is -3.21. The Morgan fingerprint density at radius 2 is 1.88 bits per heavy atom. The molecule has 0 saturated carbocycles. The van der Waals surface area contributed by atoms with E-state index in [1.54, 1.807) is 46.9 Å². The van der Waals surface area contributed by atoms with E-state index >= 15 is 0 Å². The lowest BCUT2D eigenvalue weighted by molar-refractivity contribution is -0.765. The van der Waals surface area contributed by atoms with Crippen molar-refractivity contribution in [2.45, 2.75) is 70.8 Å². The van der Waals surface area contributed by atoms with Crippen molar-refractivity contribution >= 4 is 18.0 Å². The summed E-state index contributed by atoms with van der Waals surface area (Å²) in [4.78, 5) is 36.0. The maximum absolute atomic E-state index is 12.6. The Morgan fingerprint density at radius 1 is 1.24 bits per heavy atom. The fourth-order valence-electron chi connectivity index (χ4n) is 3.10. The van der Waals surface area contributed by atoms with Crippen LogP contribution in [0.25, 0.3) is 0 Å². The molecule has 5 N–H and O–H groups in total. The van der Waals surface area contributed by atoms with Gasteiger partial charge in [-0.05, 0) is 32.8 Å². The molecule has 1 saturated heterocycles. The highest BCUT2D eigenvalue weighted by molar-refractivity contribution is 5.92. The van der Waals surface area contributed by atoms with E-state index < -0.39 is 54.2 Å². The summed E-state index contributed by atoms with van der Waals surface area (Å²) >= 11 is 0. The average molecular weight is 490 g/mol. The zero-order valence-corrected chi connectivity index (χ0v) is 20.0. The SMILES string of the molecule is CC(C)[C@H](NC(=O)OC(C)(C)C)C(=O)OC[C@H]1O[C@@H]([n+]2cccc(C(N)=O)c2)[C@H](O)[C@@H]1O.[Cl-]. The molecule has 12 heteroatoms. The highest BCUT2D eigenvalue weighted by Gasteiger charge is 2.49. The van der Waals surface area contributed by atoms with Gasteiger partial charge in [-0.2, -0.15) is 4.57 Å². The lowest BCUT2D eigenvalue weighted by atomic mass is 10.1. The van der Waals surface area contributed by atoms with Gasteiger partial charge in [0.15, 0.2) is 18.5 Å². The smallest absolute Gasteiger partial charge is 0.408 e. The molecule has 1 aliphatic rings. The monoisotopic (exact) mass is 489 g/mol. The molecule has 1 aromatic heterocycles. The normalized spacial score (nSPS) is 23.4. The lowest BCUT2D eigenvalue weighted by Gasteiger charge is -2.25. The number of carbonyl (C=O) groups is 3. The molecule has 186 valence electrons. The molecule has 0 aliphatic carbocycles. The van der Waals surface area contributed by atoms with Crippen LogP contribution in [0, 0.1) is 5.92 Å². The molecule has 2 amide bonds. The fourth-order valence-corrected chi connectivity index (χ4v) is 3.10. The van der Waals surface area contributed by atoms with Crippen molar-refractivity contribution in [1.82, 2.24) is 5.32 Å². The van der Waals surface area contributed by atoms with Crippen LogP contribution in [0.1, 0.15) is 51.2 Å². The highest BCUT2D eigenvalue weighted by atomic mass is 35.5. The largest absolute Gasteiger partial charge is 1.00 e. The van der Waals surface area contributed by atoms with Crippen molar-refractivity contribution in [3.8, 4) is 0 Å². The topological polar surface area (TPSA) is 161 Å². The number of amides is 2. The van der Waals surface area contributed by atoms with Crippen molar-refractivity contribution in [3.63, 3.8) is 0 Å². The van der Waals surface area contributed by atoms with Crippen LogP contribution in [0.2, 0.25) is 0 Å². The molecule has 11 nitrogen and oxygen atoms in total. The second kappa shape index (κ2) is 11.6. The van der Waals surface area contributed by atoms with Crippen LogP contribution in [0.15, 0.2) is 24.5 Å². The zero-order valence-electron chi connectivity index (χ0n) is 19.2. The van der Waals surface area contributed by atoms with Crippen LogP contribution in [0.5, 0.6) is 0 Å². The first kappa shape index (κ1) is 28.6. The number of alkyl carbamates (subject to hydrolysis) is 1. The van der Waals surface area contributed by atoms with Crippen LogP contribution in [-0.2, 0) is 19.0 Å². The molecule has 1 aliphatic heterocycles. The van der Waals surface area contributed by atoms with E-state index in [-0.39, 0.29) is 30.5 Å². The molecule has 1 fully saturated rings. The van der Waals surface area contributed by atoms with Crippen LogP contribution in [0.3, 0.4) is 0 Å². The number of aliphatic hydroxyl groups excluding tert-OH is 2. The Morgan fingerprint density at radius 3 is 2.42 bits per heavy atom. The number of nitrogens with one attached hydrogen (secondary N) is 1. The Balaban J connectivity index is 0.00000544. The quantitative estimate of drug-likeness (QED) is 0.230. The summed E-state index contributed by atoms with van der Waals surface area (Å²) in [6, 6.07) is 2.07. The number of aromatic nitrogens is 1. The number of hydrogen-bond acceptors (Lipinski definition) is 8. The molecule has 0 spiro atoms. The molecule has 1 aromatic rings. The summed E-state index contributed by atoms with van der Waals surface area (Å²) in [7, 11) is 0. The van der Waals surface area contributed by atoms with Crippen molar-refractivity contribution in [2.75, 3.05) is 6.61 Å². The fraction of sp³-hybridized carbons (Fsp3) is 0.619. The average Bonchev–Trinajstić information content (AvgIpc) is 2.97. The predicted molar refractivity (Wildman–Crippen MR) is 110 cm³/mol. The summed E-state index contributed by atoms with van der Waals surface area (Å²) in [5.41, 5.74) is 4.74. The molecule has 0 aromatic carbocycles. The van der Waals surface area contributed by atoms with E-state index in [1.807, 2.05) is 0 Å². The Bertz CT molecular complexity index is 845. The van der Waals surface area contributed by atoms with E-state index in [4.69, 9.17) is 19.9 Å². The number of esters is 1. The Kier molecular flexibility index (Phi) is 10.0. The summed E-state index contributed by atoms with van der Waals surface area (Å²) in [5, 5.41) is 23.2. The zero-order chi connectivity index (χ0) is 24.2. The van der Waals surface area contributed by atoms with E-state index in [1.165, 1.54) is 16.8 Å². The Hall–Kier alpha value is -2.47. The van der Waals surface area contributed by atoms with E-state index in [9.17, 15) is 24.6 Å². The minimum absolute atomic E-state index is 0. The molecular formula is C21H32ClN3O8. The van der Waals surface area contributed by atoms with Gasteiger partial charge in [-0.1, -0.05) is 13.8 Å². The van der Waals surface area contributed by atoms with Crippen LogP contribution >= 0.6 is 0 Å². The number of nitrogens with two attached hydrogens (primary N) is 1. The van der Waals surface area contributed by atoms with Gasteiger partial charge in [-0.3, -0.25) is 4.79 Å². The minimum Gasteiger partial charge on any atom is -1.00 e. The van der Waals surface area contributed by atoms with Crippen molar-refractivity contribution in [2.24, 2.45) is 11.7 Å². The van der Waals surface area contributed by atoms with Gasteiger partial charge >= 0.3 is 12.1 Å². The van der Waals surface area contributed by atoms with Gasteiger partial charge in [-0.25, -0.2) is 9.59 Å². The van der Waals surface area contributed by atoms with Crippen LogP contribution in [-0.4, -0.2) is 64.7 Å². The molecule has 2 heterocycles. The first-order chi connectivity index (χ1) is 14.8. The second-order valence-corrected chi connectivity index (χ2v) is 8.95. The van der Waals surface area contributed by atoms with Crippen molar-refractivity contribution in [3.05, 3.63) is 30.1 Å². The molecule has 0 radical (unpaired) electrons. The number of primary amides is 1. The summed E-state index contributed by atoms with van der Waals surface area (Å²) in [6.45, 7) is 8.20. The standard InChI is InChI=1S/C21H31N3O8.ClH/c1-11(2)14(23-20(29)32-21(3,4)5)19(28)30-10-13-15(25)16(26)18(31-13)24-8-6-7-12(9-24)17(22)27;/h6-9,11,13-16,18,25-26H,10H2,1-5H3,(H2-,22,23,27,29);1H/t13-,14+,15-,16-,18-;/m1./s1. The molecule has 33 heavy (non-hydrogen) atoms. The number of pyridine rings is 1. The summed E-state index contributed by atoms with van der Waals surface area (Å²) in [6.07, 6.45) is -2.57. The number of hydrogen-bond donors (Lipinski definition) is 4. The maximum Gasteiger partial charge on any atom is 0.408 e. The van der Waals surface area contributed by atoms with Gasteiger partial charge in [0, 0.05) is 6.07 Å². The number of ether oxygens (including phenoxy) is 3. The second-order valence-electron chi connectivity index (χ2n) is 8.95. The van der Waals surface area contributed by atoms with Crippen LogP contribution in [0.4, 0.5) is 4.79 Å². The van der Waals surface area contributed by atoms with Gasteiger partial charge in [0.1, 0.15) is 36.0 Å². The molecule has 5 atom stereocenters. The van der Waals surface area contributed by atoms with Gasteiger partial charge in [0.05, 0.1) is 0 Å². The van der Waals surface area contributed by atoms with Gasteiger partial charge in [0.25, 0.3) is 12.1 Å². The number of rotatable bonds is 7. The number of aliphatic hydroxyl groups is 2. The third kappa shape index (κ3) is 7.81. The van der Waals surface area contributed by atoms with Gasteiger partial charge in [0.2, 0.25) is 0 Å². The molecule has 0 unspecified atom stereocenters. The first-order valence-corrected chi connectivity index (χ1v) is 10.3. The summed E-state index contributed by atoms with van der Waals surface area (Å²) in [5.74, 6) is -1.69. The van der Waals surface area contributed by atoms with Gasteiger partial charge in [-0.15, -0.1) is 0 Å². The van der Waals surface area contributed by atoms with E-state index in [2.05, 4.69) is 5.32 Å². The third-order valence-corrected chi connectivity index (χ3v) is 4.72. The van der Waals surface area contributed by atoms with Crippen molar-refractivity contribution < 1.29 is 55.8 Å². The molecule has 0 bridgehead atoms. The number of halogens is 1. The lowest BCUT2D eigenvalue weighted by Crippen LogP contribution is -3.00. The number of carbonyl (C=O) groups excluding carboxylic acids is 3. The summed E-state index contributed by atoms with van der Waals surface area (Å²) < 4.78 is 17.5. The first-order valence-electron chi connectivity index (χ1n) is 10.3. The molecular weight excluding hydrogens is 458 g/mol. The van der Waals surface area contributed by atoms with E-state index in [0.717, 1.165) is 0 Å². The van der Waals surface area contributed by atoms with Crippen LogP contribution < -0.4 is 28.0 Å². The third-order valence-electron chi connectivity index (χ3n) is 4.72. The van der Waals surface area contributed by atoms with Crippen molar-refractivity contribution in [1.29, 1.82) is 0 Å². The number of nitrogens with zero attached hydrogens (tertiary/aromatic N) is 1. The minimum atomic E-state index is -1.35. The Labute approximate surface area is 198 Å². The van der Waals surface area contributed by atoms with Gasteiger partial charge < -0.3 is 47.9 Å². The van der Waals surface area contributed by atoms with E-state index in [0.29, 0.717) is 0 Å². The molecule has 2 rings (SSSR count).